The lowest BCUT2D eigenvalue weighted by atomic mass is 10.1. The van der Waals surface area contributed by atoms with Crippen molar-refractivity contribution in [1.82, 2.24) is 4.98 Å². The summed E-state index contributed by atoms with van der Waals surface area (Å²) in [4.78, 5) is 25.8. The number of hydrogen-bond donors (Lipinski definition) is 0. The van der Waals surface area contributed by atoms with E-state index in [-0.39, 0.29) is 22.0 Å². The maximum Gasteiger partial charge on any atom is 0.418 e. The monoisotopic (exact) mass is 273 g/mol. The Morgan fingerprint density at radius 3 is 2.61 bits per heavy atom. The first kappa shape index (κ1) is 12.8. The number of alkyl halides is 3. The number of pyridine rings is 1. The summed E-state index contributed by atoms with van der Waals surface area (Å²) >= 11 is 0.673. The predicted molar refractivity (Wildman–Crippen MR) is 59.4 cm³/mol. The Hall–Kier alpha value is -1.63. The average molecular weight is 273 g/mol. The molecular weight excluding hydrogens is 267 g/mol. The van der Waals surface area contributed by atoms with Crippen LogP contribution in [-0.2, 0) is 15.8 Å². The number of Topliss-reactive ketones (excluding diaryl/α,β-unsaturated/α-hetero) is 1. The fraction of sp³-hybridized carbons (Fsp3) is 0.182. The standard InChI is InChI=1S/C11H6F3NO2S/c12-11(13,14)7-5-15-2-1-6(7)3-9-8(16)4-10(17)18-9/h1-3,5H,4H2/b9-3-. The van der Waals surface area contributed by atoms with Crippen LogP contribution in [0, 0.1) is 0 Å². The number of halogens is 3. The van der Waals surface area contributed by atoms with Crippen molar-refractivity contribution in [1.29, 1.82) is 0 Å². The lowest BCUT2D eigenvalue weighted by Crippen LogP contribution is -2.08. The zero-order chi connectivity index (χ0) is 13.3. The third-order valence-electron chi connectivity index (χ3n) is 2.25. The lowest BCUT2D eigenvalue weighted by Gasteiger charge is -2.09. The SMILES string of the molecule is O=C1CC(=O)/C(=C/c2ccncc2C(F)(F)F)S1. The summed E-state index contributed by atoms with van der Waals surface area (Å²) in [5, 5.41) is -0.353. The fourth-order valence-electron chi connectivity index (χ4n) is 1.45. The van der Waals surface area contributed by atoms with Crippen molar-refractivity contribution in [2.45, 2.75) is 12.6 Å². The van der Waals surface area contributed by atoms with E-state index >= 15 is 0 Å². The summed E-state index contributed by atoms with van der Waals surface area (Å²) in [6.07, 6.45) is -1.83. The highest BCUT2D eigenvalue weighted by Gasteiger charge is 2.34. The van der Waals surface area contributed by atoms with E-state index in [1.807, 2.05) is 0 Å². The summed E-state index contributed by atoms with van der Waals surface area (Å²) in [6.45, 7) is 0. The van der Waals surface area contributed by atoms with Crippen molar-refractivity contribution < 1.29 is 22.8 Å². The molecule has 0 aromatic carbocycles. The van der Waals surface area contributed by atoms with Crippen molar-refractivity contribution in [3.8, 4) is 0 Å². The van der Waals surface area contributed by atoms with Crippen LogP contribution in [0.1, 0.15) is 17.5 Å². The number of allylic oxidation sites excluding steroid dienone is 1. The minimum Gasteiger partial charge on any atom is -0.293 e. The average Bonchev–Trinajstić information content (AvgIpc) is 2.57. The van der Waals surface area contributed by atoms with Gasteiger partial charge in [-0.2, -0.15) is 13.2 Å². The normalized spacial score (nSPS) is 18.7. The molecule has 1 aliphatic rings. The molecule has 3 nitrogen and oxygen atoms in total. The summed E-state index contributed by atoms with van der Waals surface area (Å²) in [5.74, 6) is -0.449. The number of aromatic nitrogens is 1. The van der Waals surface area contributed by atoms with E-state index in [1.165, 1.54) is 6.20 Å². The molecule has 7 heteroatoms. The lowest BCUT2D eigenvalue weighted by molar-refractivity contribution is -0.138. The molecule has 0 amide bonds. The molecule has 0 radical (unpaired) electrons. The Kier molecular flexibility index (Phi) is 3.25. The van der Waals surface area contributed by atoms with Crippen LogP contribution >= 0.6 is 11.8 Å². The molecule has 2 heterocycles. The zero-order valence-corrected chi connectivity index (χ0v) is 9.64. The van der Waals surface area contributed by atoms with Crippen LogP contribution in [0.15, 0.2) is 23.4 Å². The fourth-order valence-corrected chi connectivity index (χ4v) is 2.27. The first-order chi connectivity index (χ1) is 8.38. The number of nitrogens with zero attached hydrogens (tertiary/aromatic N) is 1. The Balaban J connectivity index is 2.44. The van der Waals surface area contributed by atoms with Crippen molar-refractivity contribution in [2.75, 3.05) is 0 Å². The molecule has 0 unspecified atom stereocenters. The number of thioether (sulfide) groups is 1. The van der Waals surface area contributed by atoms with Gasteiger partial charge in [-0.15, -0.1) is 0 Å². The molecule has 0 spiro atoms. The smallest absolute Gasteiger partial charge is 0.293 e. The molecule has 18 heavy (non-hydrogen) atoms. The minimum atomic E-state index is -4.54. The van der Waals surface area contributed by atoms with E-state index in [0.29, 0.717) is 18.0 Å². The third-order valence-corrected chi connectivity index (χ3v) is 3.19. The van der Waals surface area contributed by atoms with E-state index in [1.54, 1.807) is 0 Å². The van der Waals surface area contributed by atoms with Gasteiger partial charge in [0.25, 0.3) is 0 Å². The number of rotatable bonds is 1. The molecule has 0 atom stereocenters. The molecule has 1 aromatic rings. The molecule has 1 aliphatic heterocycles. The second kappa shape index (κ2) is 4.56. The van der Waals surface area contributed by atoms with Crippen molar-refractivity contribution in [2.24, 2.45) is 0 Å². The number of carbonyl (C=O) groups is 2. The molecule has 1 fully saturated rings. The molecular formula is C11H6F3NO2S. The van der Waals surface area contributed by atoms with Gasteiger partial charge in [-0.05, 0) is 29.5 Å². The van der Waals surface area contributed by atoms with Gasteiger partial charge in [0, 0.05) is 12.4 Å². The van der Waals surface area contributed by atoms with Crippen LogP contribution in [0.4, 0.5) is 13.2 Å². The van der Waals surface area contributed by atoms with Crippen LogP contribution in [0.2, 0.25) is 0 Å². The van der Waals surface area contributed by atoms with Gasteiger partial charge in [0.15, 0.2) is 5.78 Å². The summed E-state index contributed by atoms with van der Waals surface area (Å²) < 4.78 is 38.0. The zero-order valence-electron chi connectivity index (χ0n) is 8.82. The van der Waals surface area contributed by atoms with E-state index in [2.05, 4.69) is 4.98 Å². The van der Waals surface area contributed by atoms with E-state index < -0.39 is 17.5 Å². The second-order valence-electron chi connectivity index (χ2n) is 3.54. The number of hydrogen-bond acceptors (Lipinski definition) is 4. The largest absolute Gasteiger partial charge is 0.418 e. The second-order valence-corrected chi connectivity index (χ2v) is 4.64. The first-order valence-corrected chi connectivity index (χ1v) is 5.66. The van der Waals surface area contributed by atoms with Crippen molar-refractivity contribution in [3.63, 3.8) is 0 Å². The minimum absolute atomic E-state index is 0.0386. The van der Waals surface area contributed by atoms with Gasteiger partial charge in [-0.25, -0.2) is 0 Å². The molecule has 0 saturated carbocycles. The topological polar surface area (TPSA) is 47.0 Å². The molecule has 1 saturated heterocycles. The van der Waals surface area contributed by atoms with Crippen LogP contribution in [0.3, 0.4) is 0 Å². The quantitative estimate of drug-likeness (QED) is 0.583. The number of carbonyl (C=O) groups excluding carboxylic acids is 2. The van der Waals surface area contributed by atoms with E-state index in [9.17, 15) is 22.8 Å². The third kappa shape index (κ3) is 2.61. The van der Waals surface area contributed by atoms with Gasteiger partial charge < -0.3 is 0 Å². The van der Waals surface area contributed by atoms with Crippen molar-refractivity contribution in [3.05, 3.63) is 34.5 Å². The molecule has 0 bridgehead atoms. The molecule has 94 valence electrons. The summed E-state index contributed by atoms with van der Waals surface area (Å²) in [6, 6.07) is 1.16. The molecule has 0 N–H and O–H groups in total. The Labute approximate surface area is 104 Å². The van der Waals surface area contributed by atoms with Gasteiger partial charge >= 0.3 is 6.18 Å². The maximum absolute atomic E-state index is 12.7. The Bertz CT molecular complexity index is 551. The highest BCUT2D eigenvalue weighted by molar-refractivity contribution is 8.18. The van der Waals surface area contributed by atoms with Crippen LogP contribution in [-0.4, -0.2) is 15.9 Å². The van der Waals surface area contributed by atoms with E-state index in [4.69, 9.17) is 0 Å². The van der Waals surface area contributed by atoms with Gasteiger partial charge in [-0.1, -0.05) is 0 Å². The van der Waals surface area contributed by atoms with Gasteiger partial charge in [0.1, 0.15) is 0 Å². The molecule has 1 aromatic heterocycles. The van der Waals surface area contributed by atoms with Crippen LogP contribution < -0.4 is 0 Å². The predicted octanol–water partition coefficient (Wildman–Crippen LogP) is 2.67. The summed E-state index contributed by atoms with van der Waals surface area (Å²) in [5.41, 5.74) is -1.09. The molecule has 2 rings (SSSR count). The first-order valence-electron chi connectivity index (χ1n) is 4.84. The Morgan fingerprint density at radius 2 is 2.06 bits per heavy atom. The van der Waals surface area contributed by atoms with Gasteiger partial charge in [0.05, 0.1) is 16.9 Å². The van der Waals surface area contributed by atoms with Crippen molar-refractivity contribution >= 4 is 28.7 Å². The molecule has 0 aliphatic carbocycles. The highest BCUT2D eigenvalue weighted by atomic mass is 32.2. The Morgan fingerprint density at radius 1 is 1.33 bits per heavy atom. The number of ketones is 1. The summed E-state index contributed by atoms with van der Waals surface area (Å²) in [7, 11) is 0. The maximum atomic E-state index is 12.7. The van der Waals surface area contributed by atoms with E-state index in [0.717, 1.165) is 12.1 Å². The van der Waals surface area contributed by atoms with Crippen LogP contribution in [0.25, 0.3) is 6.08 Å². The van der Waals surface area contributed by atoms with Crippen LogP contribution in [0.5, 0.6) is 0 Å². The van der Waals surface area contributed by atoms with Gasteiger partial charge in [0.2, 0.25) is 5.12 Å². The van der Waals surface area contributed by atoms with Gasteiger partial charge in [-0.3, -0.25) is 14.6 Å². The highest BCUT2D eigenvalue weighted by Crippen LogP contribution is 2.35.